The predicted octanol–water partition coefficient (Wildman–Crippen LogP) is -1.52. The summed E-state index contributed by atoms with van der Waals surface area (Å²) in [6, 6.07) is 0. The molecule has 10 atom stereocenters. The van der Waals surface area contributed by atoms with E-state index in [9.17, 15) is 34.2 Å². The molecule has 0 aromatic rings. The molecule has 2 heterocycles. The lowest BCUT2D eigenvalue weighted by Crippen LogP contribution is -2.65. The molecular formula is C22H32O15. The Hall–Kier alpha value is -2.85. The van der Waals surface area contributed by atoms with E-state index in [1.807, 2.05) is 0 Å². The molecule has 0 aliphatic carbocycles. The largest absolute Gasteiger partial charge is 0.463 e. The molecule has 2 N–H and O–H groups in total. The quantitative estimate of drug-likeness (QED) is 0.267. The SMILES string of the molecule is CC(=O)OC[C@H]1O[C@@H](O)[C@H](O[C@@H]2O[C@@H](C)[C@H](OC(C)=O)[C@@H](OC(C)=O)[C@H]2OC(C)=O)[C@@H](O)[C@H]1OC(C)=O. The minimum Gasteiger partial charge on any atom is -0.463 e. The van der Waals surface area contributed by atoms with Crippen molar-refractivity contribution in [2.45, 2.75) is 103 Å². The van der Waals surface area contributed by atoms with Crippen molar-refractivity contribution in [2.75, 3.05) is 6.61 Å². The minimum absolute atomic E-state index is 0.459. The second-order valence-corrected chi connectivity index (χ2v) is 8.46. The van der Waals surface area contributed by atoms with Crippen LogP contribution in [0.3, 0.4) is 0 Å². The Morgan fingerprint density at radius 2 is 1.14 bits per heavy atom. The van der Waals surface area contributed by atoms with Crippen molar-refractivity contribution in [3.63, 3.8) is 0 Å². The summed E-state index contributed by atoms with van der Waals surface area (Å²) >= 11 is 0. The minimum atomic E-state index is -1.86. The number of rotatable bonds is 8. The first-order valence-corrected chi connectivity index (χ1v) is 11.4. The summed E-state index contributed by atoms with van der Waals surface area (Å²) < 4.78 is 42.6. The first-order chi connectivity index (χ1) is 17.2. The number of hydrogen-bond donors (Lipinski definition) is 2. The van der Waals surface area contributed by atoms with E-state index in [1.54, 1.807) is 0 Å². The Labute approximate surface area is 212 Å². The predicted molar refractivity (Wildman–Crippen MR) is 115 cm³/mol. The maximum atomic E-state index is 11.9. The standard InChI is InChI=1S/C22H32O15/c1-8-16(32-10(3)24)19(34-12(5)26)20(35-13(6)27)22(31-8)37-18-15(28)17(33-11(4)25)14(36-21(18)29)7-30-9(2)23/h8,14-22,28-29H,7H2,1-6H3/t8-,14+,15-,16-,17-,18+,19+,20+,21+,22-/m0/s1. The van der Waals surface area contributed by atoms with Gasteiger partial charge in [-0.1, -0.05) is 0 Å². The van der Waals surface area contributed by atoms with Gasteiger partial charge in [0.25, 0.3) is 0 Å². The van der Waals surface area contributed by atoms with Gasteiger partial charge in [0.05, 0.1) is 6.10 Å². The van der Waals surface area contributed by atoms with E-state index in [0.717, 1.165) is 34.6 Å². The summed E-state index contributed by atoms with van der Waals surface area (Å²) in [5.41, 5.74) is 0. The van der Waals surface area contributed by atoms with Crippen molar-refractivity contribution < 1.29 is 72.1 Å². The maximum Gasteiger partial charge on any atom is 0.303 e. The highest BCUT2D eigenvalue weighted by atomic mass is 16.8. The highest BCUT2D eigenvalue weighted by molar-refractivity contribution is 5.68. The van der Waals surface area contributed by atoms with E-state index in [0.29, 0.717) is 0 Å². The fourth-order valence-electron chi connectivity index (χ4n) is 3.96. The van der Waals surface area contributed by atoms with E-state index < -0.39 is 97.9 Å². The van der Waals surface area contributed by atoms with Gasteiger partial charge in [0.15, 0.2) is 37.0 Å². The summed E-state index contributed by atoms with van der Waals surface area (Å²) in [6.45, 7) is 6.46. The second kappa shape index (κ2) is 13.1. The summed E-state index contributed by atoms with van der Waals surface area (Å²) in [6.07, 6.45) is -14.7. The molecule has 2 saturated heterocycles. The van der Waals surface area contributed by atoms with Gasteiger partial charge in [-0.25, -0.2) is 0 Å². The van der Waals surface area contributed by atoms with Gasteiger partial charge < -0.3 is 48.1 Å². The molecule has 0 amide bonds. The van der Waals surface area contributed by atoms with Crippen LogP contribution in [0.1, 0.15) is 41.5 Å². The van der Waals surface area contributed by atoms with Crippen LogP contribution in [-0.2, 0) is 61.9 Å². The third-order valence-corrected chi connectivity index (χ3v) is 5.31. The third-order valence-electron chi connectivity index (χ3n) is 5.31. The van der Waals surface area contributed by atoms with E-state index in [4.69, 9.17) is 37.9 Å². The van der Waals surface area contributed by atoms with Crippen molar-refractivity contribution in [1.82, 2.24) is 0 Å². The number of carbonyl (C=O) groups is 5. The Balaban J connectivity index is 2.36. The molecule has 15 nitrogen and oxygen atoms in total. The van der Waals surface area contributed by atoms with Gasteiger partial charge in [0.1, 0.15) is 24.9 Å². The van der Waals surface area contributed by atoms with Crippen molar-refractivity contribution in [3.8, 4) is 0 Å². The zero-order valence-electron chi connectivity index (χ0n) is 21.2. The summed E-state index contributed by atoms with van der Waals surface area (Å²) in [4.78, 5) is 58.1. The Morgan fingerprint density at radius 1 is 0.649 bits per heavy atom. The van der Waals surface area contributed by atoms with Crippen molar-refractivity contribution in [2.24, 2.45) is 0 Å². The lowest BCUT2D eigenvalue weighted by Gasteiger charge is -2.47. The number of aliphatic hydroxyl groups is 2. The number of aliphatic hydroxyl groups excluding tert-OH is 2. The highest BCUT2D eigenvalue weighted by Gasteiger charge is 2.55. The molecule has 2 aliphatic heterocycles. The Morgan fingerprint density at radius 3 is 1.65 bits per heavy atom. The molecule has 0 bridgehead atoms. The molecule has 2 fully saturated rings. The molecule has 0 saturated carbocycles. The normalized spacial score (nSPS) is 35.6. The van der Waals surface area contributed by atoms with Gasteiger partial charge in [-0.15, -0.1) is 0 Å². The topological polar surface area (TPSA) is 200 Å². The number of hydrogen-bond acceptors (Lipinski definition) is 15. The van der Waals surface area contributed by atoms with Crippen LogP contribution < -0.4 is 0 Å². The number of carbonyl (C=O) groups excluding carboxylic acids is 5. The van der Waals surface area contributed by atoms with Crippen molar-refractivity contribution in [3.05, 3.63) is 0 Å². The molecular weight excluding hydrogens is 504 g/mol. The molecule has 15 heteroatoms. The van der Waals surface area contributed by atoms with Crippen LogP contribution in [0.5, 0.6) is 0 Å². The molecule has 210 valence electrons. The zero-order chi connectivity index (χ0) is 28.0. The monoisotopic (exact) mass is 536 g/mol. The van der Waals surface area contributed by atoms with Gasteiger partial charge in [0, 0.05) is 34.6 Å². The molecule has 2 rings (SSSR count). The van der Waals surface area contributed by atoms with E-state index in [-0.39, 0.29) is 0 Å². The molecule has 0 aromatic carbocycles. The summed E-state index contributed by atoms with van der Waals surface area (Å²) in [5.74, 6) is -3.85. The van der Waals surface area contributed by atoms with E-state index >= 15 is 0 Å². The number of esters is 5. The first-order valence-electron chi connectivity index (χ1n) is 11.4. The van der Waals surface area contributed by atoms with Crippen LogP contribution in [0.15, 0.2) is 0 Å². The fourth-order valence-corrected chi connectivity index (χ4v) is 3.96. The second-order valence-electron chi connectivity index (χ2n) is 8.46. The Bertz CT molecular complexity index is 859. The van der Waals surface area contributed by atoms with E-state index in [1.165, 1.54) is 6.92 Å². The molecule has 0 aromatic heterocycles. The molecule has 37 heavy (non-hydrogen) atoms. The van der Waals surface area contributed by atoms with Gasteiger partial charge in [-0.05, 0) is 6.92 Å². The zero-order valence-corrected chi connectivity index (χ0v) is 21.2. The van der Waals surface area contributed by atoms with Crippen LogP contribution in [-0.4, -0.2) is 108 Å². The third kappa shape index (κ3) is 8.33. The Kier molecular flexibility index (Phi) is 10.8. The first kappa shape index (κ1) is 30.4. The average molecular weight is 536 g/mol. The van der Waals surface area contributed by atoms with Gasteiger partial charge in [-0.3, -0.25) is 24.0 Å². The summed E-state index contributed by atoms with van der Waals surface area (Å²) in [5, 5.41) is 21.5. The van der Waals surface area contributed by atoms with Gasteiger partial charge in [0.2, 0.25) is 0 Å². The maximum absolute atomic E-state index is 11.9. The summed E-state index contributed by atoms with van der Waals surface area (Å²) in [7, 11) is 0. The molecule has 0 spiro atoms. The fraction of sp³-hybridized carbons (Fsp3) is 0.773. The van der Waals surface area contributed by atoms with Crippen LogP contribution in [0.4, 0.5) is 0 Å². The molecule has 0 radical (unpaired) electrons. The van der Waals surface area contributed by atoms with Crippen LogP contribution in [0.25, 0.3) is 0 Å². The lowest BCUT2D eigenvalue weighted by molar-refractivity contribution is -0.360. The van der Waals surface area contributed by atoms with Crippen LogP contribution in [0, 0.1) is 0 Å². The van der Waals surface area contributed by atoms with Gasteiger partial charge in [-0.2, -0.15) is 0 Å². The van der Waals surface area contributed by atoms with E-state index in [2.05, 4.69) is 0 Å². The number of ether oxygens (including phenoxy) is 8. The van der Waals surface area contributed by atoms with Crippen LogP contribution >= 0.6 is 0 Å². The lowest BCUT2D eigenvalue weighted by atomic mass is 9.97. The van der Waals surface area contributed by atoms with Crippen molar-refractivity contribution >= 4 is 29.8 Å². The average Bonchev–Trinajstić information content (AvgIpc) is 2.75. The smallest absolute Gasteiger partial charge is 0.303 e. The molecule has 0 unspecified atom stereocenters. The highest BCUT2D eigenvalue weighted by Crippen LogP contribution is 2.33. The van der Waals surface area contributed by atoms with Gasteiger partial charge >= 0.3 is 29.8 Å². The molecule has 2 aliphatic rings. The van der Waals surface area contributed by atoms with Crippen molar-refractivity contribution in [1.29, 1.82) is 0 Å². The van der Waals surface area contributed by atoms with Crippen LogP contribution in [0.2, 0.25) is 0 Å².